The molecule has 1 aliphatic carbocycles. The van der Waals surface area contributed by atoms with Crippen LogP contribution in [0.3, 0.4) is 0 Å². The monoisotopic (exact) mass is 457 g/mol. The van der Waals surface area contributed by atoms with E-state index >= 15 is 0 Å². The molecule has 0 unspecified atom stereocenters. The van der Waals surface area contributed by atoms with Gasteiger partial charge in [-0.15, -0.1) is 11.3 Å². The van der Waals surface area contributed by atoms with Gasteiger partial charge in [0.2, 0.25) is 5.91 Å². The molecule has 168 valence electrons. The number of thiophene rings is 1. The third kappa shape index (κ3) is 4.00. The van der Waals surface area contributed by atoms with Crippen LogP contribution in [-0.4, -0.2) is 15.5 Å². The van der Waals surface area contributed by atoms with Crippen LogP contribution in [-0.2, 0) is 24.2 Å². The van der Waals surface area contributed by atoms with Crippen molar-refractivity contribution in [2.24, 2.45) is 0 Å². The van der Waals surface area contributed by atoms with Gasteiger partial charge in [-0.25, -0.2) is 4.98 Å². The van der Waals surface area contributed by atoms with Crippen molar-refractivity contribution in [3.63, 3.8) is 0 Å². The van der Waals surface area contributed by atoms with Gasteiger partial charge in [0.05, 0.1) is 5.39 Å². The molecule has 0 bridgehead atoms. The molecule has 33 heavy (non-hydrogen) atoms. The minimum absolute atomic E-state index is 0.0803. The van der Waals surface area contributed by atoms with Crippen LogP contribution in [0.2, 0.25) is 0 Å². The average molecular weight is 458 g/mol. The van der Waals surface area contributed by atoms with Crippen LogP contribution in [0.15, 0.2) is 47.3 Å². The second-order valence-electron chi connectivity index (χ2n) is 8.88. The Kier molecular flexibility index (Phi) is 5.62. The van der Waals surface area contributed by atoms with Crippen molar-refractivity contribution in [1.29, 1.82) is 0 Å². The van der Waals surface area contributed by atoms with Gasteiger partial charge >= 0.3 is 0 Å². The SMILES string of the molecule is Cc1cccc(-c2nc3sc4c(c3c(=O)n2CC(=O)Nc2cccc(C)c2C)CCCC4)c1. The van der Waals surface area contributed by atoms with Gasteiger partial charge in [-0.05, 0) is 75.3 Å². The number of nitrogens with zero attached hydrogens (tertiary/aromatic N) is 2. The maximum absolute atomic E-state index is 13.8. The second-order valence-corrected chi connectivity index (χ2v) is 9.97. The maximum Gasteiger partial charge on any atom is 0.263 e. The lowest BCUT2D eigenvalue weighted by atomic mass is 9.97. The van der Waals surface area contributed by atoms with E-state index in [9.17, 15) is 9.59 Å². The number of aryl methyl sites for hydroxylation is 4. The molecule has 0 fully saturated rings. The Bertz CT molecular complexity index is 1450. The van der Waals surface area contributed by atoms with Crippen molar-refractivity contribution in [2.75, 3.05) is 5.32 Å². The van der Waals surface area contributed by atoms with E-state index in [1.807, 2.05) is 63.2 Å². The predicted molar refractivity (Wildman–Crippen MR) is 135 cm³/mol. The van der Waals surface area contributed by atoms with Gasteiger partial charge in [0, 0.05) is 16.1 Å². The summed E-state index contributed by atoms with van der Waals surface area (Å²) in [5.74, 6) is 0.316. The van der Waals surface area contributed by atoms with Crippen LogP contribution < -0.4 is 10.9 Å². The molecule has 5 rings (SSSR count). The number of nitrogens with one attached hydrogen (secondary N) is 1. The number of carbonyl (C=O) groups is 1. The van der Waals surface area contributed by atoms with Crippen molar-refractivity contribution in [3.05, 3.63) is 79.9 Å². The summed E-state index contributed by atoms with van der Waals surface area (Å²) < 4.78 is 1.55. The zero-order chi connectivity index (χ0) is 23.1. The van der Waals surface area contributed by atoms with Crippen molar-refractivity contribution in [1.82, 2.24) is 9.55 Å². The molecular weight excluding hydrogens is 430 g/mol. The summed E-state index contributed by atoms with van der Waals surface area (Å²) >= 11 is 1.64. The van der Waals surface area contributed by atoms with Gasteiger partial charge in [0.1, 0.15) is 17.2 Å². The summed E-state index contributed by atoms with van der Waals surface area (Å²) in [6.07, 6.45) is 4.15. The van der Waals surface area contributed by atoms with E-state index in [2.05, 4.69) is 5.32 Å². The molecule has 0 saturated carbocycles. The fraction of sp³-hybridized carbons (Fsp3) is 0.296. The Labute approximate surface area is 197 Å². The van der Waals surface area contributed by atoms with Gasteiger partial charge in [0.15, 0.2) is 0 Å². The van der Waals surface area contributed by atoms with Crippen molar-refractivity contribution in [3.8, 4) is 11.4 Å². The topological polar surface area (TPSA) is 64.0 Å². The van der Waals surface area contributed by atoms with Crippen molar-refractivity contribution in [2.45, 2.75) is 53.0 Å². The molecular formula is C27H27N3O2S. The van der Waals surface area contributed by atoms with E-state index < -0.39 is 0 Å². The second kappa shape index (κ2) is 8.60. The highest BCUT2D eigenvalue weighted by atomic mass is 32.1. The van der Waals surface area contributed by atoms with Crippen molar-refractivity contribution < 1.29 is 4.79 Å². The summed E-state index contributed by atoms with van der Waals surface area (Å²) in [5, 5.41) is 3.70. The van der Waals surface area contributed by atoms with Gasteiger partial charge in [0.25, 0.3) is 5.56 Å². The minimum Gasteiger partial charge on any atom is -0.324 e. The van der Waals surface area contributed by atoms with E-state index in [1.54, 1.807) is 15.9 Å². The fourth-order valence-electron chi connectivity index (χ4n) is 4.61. The van der Waals surface area contributed by atoms with E-state index in [1.165, 1.54) is 4.88 Å². The van der Waals surface area contributed by atoms with E-state index in [-0.39, 0.29) is 18.0 Å². The number of hydrogen-bond acceptors (Lipinski definition) is 4. The maximum atomic E-state index is 13.8. The molecule has 1 N–H and O–H groups in total. The summed E-state index contributed by atoms with van der Waals surface area (Å²) in [6.45, 7) is 5.94. The van der Waals surface area contributed by atoms with E-state index in [4.69, 9.17) is 4.98 Å². The fourth-order valence-corrected chi connectivity index (χ4v) is 5.86. The number of benzene rings is 2. The molecule has 0 radical (unpaired) electrons. The average Bonchev–Trinajstić information content (AvgIpc) is 3.17. The van der Waals surface area contributed by atoms with Gasteiger partial charge in [-0.2, -0.15) is 0 Å². The van der Waals surface area contributed by atoms with E-state index in [0.29, 0.717) is 11.2 Å². The smallest absolute Gasteiger partial charge is 0.263 e. The standard InChI is InChI=1S/C27H27N3O2S/c1-16-8-6-10-19(14-16)25-29-26-24(20-11-4-5-13-22(20)33-26)27(32)30(25)15-23(31)28-21-12-7-9-17(2)18(21)3/h6-10,12,14H,4-5,11,13,15H2,1-3H3,(H,28,31). The van der Waals surface area contributed by atoms with Crippen LogP contribution >= 0.6 is 11.3 Å². The summed E-state index contributed by atoms with van der Waals surface area (Å²) in [6, 6.07) is 13.8. The summed E-state index contributed by atoms with van der Waals surface area (Å²) in [4.78, 5) is 33.9. The van der Waals surface area contributed by atoms with Crippen LogP contribution in [0.4, 0.5) is 5.69 Å². The summed E-state index contributed by atoms with van der Waals surface area (Å²) in [7, 11) is 0. The van der Waals surface area contributed by atoms with Gasteiger partial charge < -0.3 is 5.32 Å². The quantitative estimate of drug-likeness (QED) is 0.436. The Hall–Kier alpha value is -3.25. The predicted octanol–water partition coefficient (Wildman–Crippen LogP) is 5.57. The Morgan fingerprint density at radius 3 is 2.70 bits per heavy atom. The van der Waals surface area contributed by atoms with Crippen LogP contribution in [0.1, 0.15) is 40.0 Å². The van der Waals surface area contributed by atoms with E-state index in [0.717, 1.165) is 64.0 Å². The first-order chi connectivity index (χ1) is 15.9. The minimum atomic E-state index is -0.232. The molecule has 0 aliphatic heterocycles. The largest absolute Gasteiger partial charge is 0.324 e. The molecule has 0 spiro atoms. The highest BCUT2D eigenvalue weighted by molar-refractivity contribution is 7.18. The Morgan fingerprint density at radius 2 is 1.88 bits per heavy atom. The number of carbonyl (C=O) groups excluding carboxylic acids is 1. The van der Waals surface area contributed by atoms with Crippen molar-refractivity contribution >= 4 is 33.1 Å². The molecule has 2 aromatic heterocycles. The Morgan fingerprint density at radius 1 is 1.09 bits per heavy atom. The van der Waals surface area contributed by atoms with Crippen LogP contribution in [0.25, 0.3) is 21.6 Å². The lowest BCUT2D eigenvalue weighted by molar-refractivity contribution is -0.116. The lowest BCUT2D eigenvalue weighted by Gasteiger charge is -2.15. The van der Waals surface area contributed by atoms with Gasteiger partial charge in [-0.3, -0.25) is 14.2 Å². The summed E-state index contributed by atoms with van der Waals surface area (Å²) in [5.41, 5.74) is 5.85. The Balaban J connectivity index is 1.63. The normalized spacial score (nSPS) is 13.2. The molecule has 5 nitrogen and oxygen atoms in total. The van der Waals surface area contributed by atoms with Crippen LogP contribution in [0, 0.1) is 20.8 Å². The number of anilines is 1. The first kappa shape index (κ1) is 21.6. The molecule has 4 aromatic rings. The number of hydrogen-bond donors (Lipinski definition) is 1. The number of rotatable bonds is 4. The molecule has 0 atom stereocenters. The third-order valence-corrected chi connectivity index (χ3v) is 7.72. The molecule has 0 saturated heterocycles. The molecule has 1 amide bonds. The highest BCUT2D eigenvalue weighted by Gasteiger charge is 2.23. The molecule has 2 aromatic carbocycles. The zero-order valence-electron chi connectivity index (χ0n) is 19.2. The number of amides is 1. The molecule has 2 heterocycles. The molecule has 1 aliphatic rings. The first-order valence-electron chi connectivity index (χ1n) is 11.4. The van der Waals surface area contributed by atoms with Crippen LogP contribution in [0.5, 0.6) is 0 Å². The zero-order valence-corrected chi connectivity index (χ0v) is 20.0. The first-order valence-corrected chi connectivity index (χ1v) is 12.2. The molecule has 6 heteroatoms. The lowest BCUT2D eigenvalue weighted by Crippen LogP contribution is -2.30. The number of aromatic nitrogens is 2. The highest BCUT2D eigenvalue weighted by Crippen LogP contribution is 2.35. The number of fused-ring (bicyclic) bond motifs is 3. The third-order valence-electron chi connectivity index (χ3n) is 6.53. The van der Waals surface area contributed by atoms with Gasteiger partial charge in [-0.1, -0.05) is 35.9 Å².